The minimum atomic E-state index is -0.570. The van der Waals surface area contributed by atoms with Crippen molar-refractivity contribution in [3.63, 3.8) is 0 Å². The lowest BCUT2D eigenvalue weighted by atomic mass is 10.0. The number of anilines is 1. The summed E-state index contributed by atoms with van der Waals surface area (Å²) in [5.41, 5.74) is 7.50. The van der Waals surface area contributed by atoms with Crippen LogP contribution in [0.25, 0.3) is 11.5 Å². The number of hydrogen-bond acceptors (Lipinski definition) is 5. The number of piperidine rings is 1. The topological polar surface area (TPSA) is 88.1 Å². The van der Waals surface area contributed by atoms with Crippen molar-refractivity contribution in [2.24, 2.45) is 5.73 Å². The molecule has 0 bridgehead atoms. The van der Waals surface area contributed by atoms with E-state index >= 15 is 0 Å². The molecule has 0 amide bonds. The van der Waals surface area contributed by atoms with E-state index in [0.29, 0.717) is 17.1 Å². The van der Waals surface area contributed by atoms with Gasteiger partial charge in [0.2, 0.25) is 5.89 Å². The van der Waals surface area contributed by atoms with Crippen LogP contribution >= 0.6 is 11.6 Å². The molecule has 3 rings (SSSR count). The van der Waals surface area contributed by atoms with Gasteiger partial charge < -0.3 is 15.1 Å². The molecule has 2 heterocycles. The Kier molecular flexibility index (Phi) is 3.98. The number of hydrogen-bond donors (Lipinski definition) is 2. The molecule has 2 aromatic rings. The van der Waals surface area contributed by atoms with E-state index in [0.717, 1.165) is 25.1 Å². The van der Waals surface area contributed by atoms with E-state index in [4.69, 9.17) is 21.8 Å². The van der Waals surface area contributed by atoms with Crippen molar-refractivity contribution < 1.29 is 4.42 Å². The lowest BCUT2D eigenvalue weighted by Crippen LogP contribution is -2.44. The molecule has 1 aliphatic heterocycles. The molecule has 1 atom stereocenters. The second-order valence-corrected chi connectivity index (χ2v) is 5.57. The summed E-state index contributed by atoms with van der Waals surface area (Å²) in [5.74, 6) is -0.307. The molecule has 0 saturated carbocycles. The first-order chi connectivity index (χ1) is 10.2. The summed E-state index contributed by atoms with van der Waals surface area (Å²) in [4.78, 5) is 13.3. The molecular formula is C14H17ClN4O2. The Morgan fingerprint density at radius 1 is 1.48 bits per heavy atom. The van der Waals surface area contributed by atoms with Gasteiger partial charge in [0.05, 0.1) is 10.7 Å². The fourth-order valence-corrected chi connectivity index (χ4v) is 3.01. The molecule has 6 nitrogen and oxygen atoms in total. The van der Waals surface area contributed by atoms with Gasteiger partial charge in [-0.1, -0.05) is 11.6 Å². The minimum absolute atomic E-state index is 0.263. The maximum absolute atomic E-state index is 11.1. The van der Waals surface area contributed by atoms with Gasteiger partial charge in [-0.3, -0.25) is 0 Å². The molecule has 1 aromatic heterocycles. The first-order valence-electron chi connectivity index (χ1n) is 7.01. The third kappa shape index (κ3) is 2.82. The molecule has 0 radical (unpaired) electrons. The summed E-state index contributed by atoms with van der Waals surface area (Å²) in [6.45, 7) is 1.52. The SMILES string of the molecule is NCC1CCCCN1c1cc(-c2n[nH]c(=O)o2)ccc1Cl. The summed E-state index contributed by atoms with van der Waals surface area (Å²) in [7, 11) is 0. The number of nitrogens with two attached hydrogens (primary N) is 1. The fraction of sp³-hybridized carbons (Fsp3) is 0.429. The highest BCUT2D eigenvalue weighted by Crippen LogP contribution is 2.34. The van der Waals surface area contributed by atoms with Gasteiger partial charge >= 0.3 is 5.76 Å². The average molecular weight is 309 g/mol. The van der Waals surface area contributed by atoms with Crippen LogP contribution in [0.15, 0.2) is 27.4 Å². The third-order valence-corrected chi connectivity index (χ3v) is 4.16. The van der Waals surface area contributed by atoms with Crippen LogP contribution in [0.4, 0.5) is 5.69 Å². The van der Waals surface area contributed by atoms with E-state index in [2.05, 4.69) is 15.1 Å². The first kappa shape index (κ1) is 14.2. The Bertz CT molecular complexity index is 682. The number of aromatic amines is 1. The van der Waals surface area contributed by atoms with Crippen LogP contribution < -0.4 is 16.4 Å². The zero-order valence-corrected chi connectivity index (χ0v) is 12.3. The van der Waals surface area contributed by atoms with Gasteiger partial charge in [-0.25, -0.2) is 9.89 Å². The Hall–Kier alpha value is -1.79. The molecular weight excluding hydrogens is 292 g/mol. The molecule has 1 fully saturated rings. The summed E-state index contributed by atoms with van der Waals surface area (Å²) < 4.78 is 5.00. The molecule has 0 spiro atoms. The predicted molar refractivity (Wildman–Crippen MR) is 81.6 cm³/mol. The minimum Gasteiger partial charge on any atom is -0.388 e. The van der Waals surface area contributed by atoms with Crippen molar-refractivity contribution in [2.75, 3.05) is 18.0 Å². The Morgan fingerprint density at radius 3 is 3.05 bits per heavy atom. The monoisotopic (exact) mass is 308 g/mol. The zero-order chi connectivity index (χ0) is 14.8. The Morgan fingerprint density at radius 2 is 2.33 bits per heavy atom. The van der Waals surface area contributed by atoms with Gasteiger partial charge in [0.1, 0.15) is 0 Å². The molecule has 21 heavy (non-hydrogen) atoms. The fourth-order valence-electron chi connectivity index (χ4n) is 2.78. The number of rotatable bonds is 3. The van der Waals surface area contributed by atoms with Crippen LogP contribution in [0.5, 0.6) is 0 Å². The molecule has 112 valence electrons. The van der Waals surface area contributed by atoms with E-state index in [-0.39, 0.29) is 11.9 Å². The molecule has 7 heteroatoms. The van der Waals surface area contributed by atoms with E-state index in [1.807, 2.05) is 6.07 Å². The van der Waals surface area contributed by atoms with Crippen LogP contribution in [0, 0.1) is 0 Å². The lowest BCUT2D eigenvalue weighted by molar-refractivity contribution is 0.465. The van der Waals surface area contributed by atoms with Gasteiger partial charge in [-0.15, -0.1) is 5.10 Å². The molecule has 0 aliphatic carbocycles. The highest BCUT2D eigenvalue weighted by molar-refractivity contribution is 6.33. The number of halogens is 1. The van der Waals surface area contributed by atoms with Gasteiger partial charge in [0.25, 0.3) is 0 Å². The van der Waals surface area contributed by atoms with Crippen LogP contribution in [0.2, 0.25) is 5.02 Å². The number of aromatic nitrogens is 2. The van der Waals surface area contributed by atoms with Crippen molar-refractivity contribution in [1.29, 1.82) is 0 Å². The summed E-state index contributed by atoms with van der Waals surface area (Å²) in [6, 6.07) is 5.77. The number of nitrogens with one attached hydrogen (secondary N) is 1. The number of H-pyrrole nitrogens is 1. The maximum Gasteiger partial charge on any atom is 0.434 e. The normalized spacial score (nSPS) is 19.0. The van der Waals surface area contributed by atoms with Gasteiger partial charge in [-0.2, -0.15) is 0 Å². The second kappa shape index (κ2) is 5.91. The van der Waals surface area contributed by atoms with Gasteiger partial charge in [0.15, 0.2) is 0 Å². The number of nitrogens with zero attached hydrogens (tertiary/aromatic N) is 2. The van der Waals surface area contributed by atoms with E-state index in [9.17, 15) is 4.79 Å². The predicted octanol–water partition coefficient (Wildman–Crippen LogP) is 2.00. The van der Waals surface area contributed by atoms with E-state index in [1.54, 1.807) is 12.1 Å². The van der Waals surface area contributed by atoms with Crippen molar-refractivity contribution in [3.8, 4) is 11.5 Å². The molecule has 1 aromatic carbocycles. The van der Waals surface area contributed by atoms with Crippen molar-refractivity contribution in [3.05, 3.63) is 33.8 Å². The second-order valence-electron chi connectivity index (χ2n) is 5.16. The zero-order valence-electron chi connectivity index (χ0n) is 11.5. The Labute approximate surface area is 126 Å². The highest BCUT2D eigenvalue weighted by atomic mass is 35.5. The average Bonchev–Trinajstić information content (AvgIpc) is 2.94. The van der Waals surface area contributed by atoms with Gasteiger partial charge in [0, 0.05) is 24.7 Å². The van der Waals surface area contributed by atoms with Crippen molar-refractivity contribution >= 4 is 17.3 Å². The van der Waals surface area contributed by atoms with E-state index < -0.39 is 5.76 Å². The van der Waals surface area contributed by atoms with Gasteiger partial charge in [-0.05, 0) is 37.5 Å². The Balaban J connectivity index is 1.99. The molecule has 1 aliphatic rings. The highest BCUT2D eigenvalue weighted by Gasteiger charge is 2.23. The quantitative estimate of drug-likeness (QED) is 0.905. The summed E-state index contributed by atoms with van der Waals surface area (Å²) in [6.07, 6.45) is 3.37. The van der Waals surface area contributed by atoms with E-state index in [1.165, 1.54) is 6.42 Å². The van der Waals surface area contributed by atoms with Crippen LogP contribution in [-0.2, 0) is 0 Å². The molecule has 1 unspecified atom stereocenters. The smallest absolute Gasteiger partial charge is 0.388 e. The summed E-state index contributed by atoms with van der Waals surface area (Å²) >= 11 is 6.34. The van der Waals surface area contributed by atoms with Crippen LogP contribution in [-0.4, -0.2) is 29.3 Å². The lowest BCUT2D eigenvalue weighted by Gasteiger charge is -2.37. The number of benzene rings is 1. The summed E-state index contributed by atoms with van der Waals surface area (Å²) in [5, 5.41) is 6.78. The third-order valence-electron chi connectivity index (χ3n) is 3.84. The van der Waals surface area contributed by atoms with Crippen LogP contribution in [0.3, 0.4) is 0 Å². The van der Waals surface area contributed by atoms with Crippen LogP contribution in [0.1, 0.15) is 19.3 Å². The largest absolute Gasteiger partial charge is 0.434 e. The first-order valence-corrected chi connectivity index (χ1v) is 7.39. The van der Waals surface area contributed by atoms with Crippen molar-refractivity contribution in [2.45, 2.75) is 25.3 Å². The molecule has 3 N–H and O–H groups in total. The molecule has 1 saturated heterocycles. The van der Waals surface area contributed by atoms with Crippen molar-refractivity contribution in [1.82, 2.24) is 10.2 Å². The standard InChI is InChI=1S/C14H17ClN4O2/c15-11-5-4-9(13-17-18-14(20)21-13)7-12(11)19-6-2-1-3-10(19)8-16/h4-5,7,10H,1-3,6,8,16H2,(H,18,20). The maximum atomic E-state index is 11.1.